The van der Waals surface area contributed by atoms with E-state index in [4.69, 9.17) is 4.42 Å². The molecule has 0 spiro atoms. The molecule has 572 valence electrons. The zero-order valence-corrected chi connectivity index (χ0v) is 68.4. The molecule has 21 rings (SSSR count). The molecule has 19 aromatic rings. The second kappa shape index (κ2) is 25.8. The van der Waals surface area contributed by atoms with Crippen molar-refractivity contribution in [2.75, 3.05) is 9.80 Å². The van der Waals surface area contributed by atoms with Gasteiger partial charge in [0.25, 0.3) is 0 Å². The fourth-order valence-electron chi connectivity index (χ4n) is 18.3. The first kappa shape index (κ1) is 56.4. The molecule has 2 aliphatic heterocycles. The van der Waals surface area contributed by atoms with Gasteiger partial charge in [0.05, 0.1) is 101 Å². The van der Waals surface area contributed by atoms with Gasteiger partial charge >= 0.3 is 0 Å². The fourth-order valence-corrected chi connectivity index (χ4v) is 18.3. The summed E-state index contributed by atoms with van der Waals surface area (Å²) >= 11 is 0. The number of hydrogen-bond donors (Lipinski definition) is 0. The first-order chi connectivity index (χ1) is 62.8. The van der Waals surface area contributed by atoms with Crippen LogP contribution in [0, 0.1) is 0 Å². The van der Waals surface area contributed by atoms with Gasteiger partial charge in [-0.1, -0.05) is 310 Å². The van der Waals surface area contributed by atoms with Crippen molar-refractivity contribution in [1.82, 2.24) is 13.7 Å². The third-order valence-corrected chi connectivity index (χ3v) is 24.5. The summed E-state index contributed by atoms with van der Waals surface area (Å²) in [6.07, 6.45) is 0. The summed E-state index contributed by atoms with van der Waals surface area (Å²) in [6.45, 7) is 33.3. The second-order valence-electron chi connectivity index (χ2n) is 37.0. The van der Waals surface area contributed by atoms with Crippen molar-refractivity contribution < 1.29 is 26.3 Å². The number of rotatable bonds is 8. The summed E-state index contributed by atoms with van der Waals surface area (Å²) in [6, 6.07) is 65.1. The van der Waals surface area contributed by atoms with E-state index in [1.165, 1.54) is 11.1 Å². The zero-order valence-electron chi connectivity index (χ0n) is 84.4. The fraction of sp³-hybridized carbons (Fsp3) is 0.189. The quantitative estimate of drug-likeness (QED) is 0.152. The van der Waals surface area contributed by atoms with Crippen LogP contribution in [0.25, 0.3) is 138 Å². The van der Waals surface area contributed by atoms with Gasteiger partial charge in [0, 0.05) is 71.4 Å². The maximum absolute atomic E-state index is 10.3. The summed E-state index contributed by atoms with van der Waals surface area (Å²) in [5.74, 6) is -0.824. The lowest BCUT2D eigenvalue weighted by Crippen LogP contribution is -2.30. The lowest BCUT2D eigenvalue weighted by Gasteiger charge is -2.46. The molecule has 1 atom stereocenters. The molecule has 6 heterocycles. The van der Waals surface area contributed by atoms with Crippen LogP contribution < -0.4 is 9.80 Å². The van der Waals surface area contributed by atoms with Crippen LogP contribution in [0.15, 0.2) is 313 Å². The van der Waals surface area contributed by atoms with Gasteiger partial charge in [0.1, 0.15) is 0 Å². The number of benzene rings is 15. The number of anilines is 6. The molecule has 117 heavy (non-hydrogen) atoms. The van der Waals surface area contributed by atoms with E-state index in [0.717, 1.165) is 93.9 Å². The molecule has 0 amide bonds. The first-order valence-electron chi connectivity index (χ1n) is 48.4. The summed E-state index contributed by atoms with van der Waals surface area (Å²) in [5.41, 5.74) is 18.6. The molecule has 6 heteroatoms. The van der Waals surface area contributed by atoms with Crippen LogP contribution in [0.2, 0.25) is 0 Å². The highest BCUT2D eigenvalue weighted by Crippen LogP contribution is 2.65. The third-order valence-electron chi connectivity index (χ3n) is 24.5. The van der Waals surface area contributed by atoms with Crippen LogP contribution in [0.1, 0.15) is 176 Å². The molecular weight excluding hydrogens is 1420 g/mol. The van der Waals surface area contributed by atoms with Crippen molar-refractivity contribution in [3.8, 4) is 50.4 Å². The SMILES string of the molecule is [2H]c1c([2H])c([2H])c2c(c1[2H])c1c([2H])c([2H])c([2H])c([2H])c1n2-c1ccc2c(c1)N(c1c(-c3ccccc3)cc(C(C)(C)C)cc1-c1ccccc1)c1cc(-n3c4c([2H])c([2H])c([2H])c([2H])c4c4c([2H])c([2H])c([2H])c([2H])c43)cc3c1C2c1ccc(-c2cc(C(C)(C)C)cc(C(C)(C)C)c2)cc1N3c1cccc2c1oc1c(-n3c4ccc(C(C)(C)C)cc4c4cc(C(C)(C)C)ccc43)cccc12. The Balaban J connectivity index is 0.980. The summed E-state index contributed by atoms with van der Waals surface area (Å²) in [5, 5.41) is 3.34. The average Bonchev–Trinajstić information content (AvgIpc) is 1.68. The minimum Gasteiger partial charge on any atom is -0.452 e. The molecule has 6 nitrogen and oxygen atoms in total. The van der Waals surface area contributed by atoms with Gasteiger partial charge in [-0.15, -0.1) is 0 Å². The van der Waals surface area contributed by atoms with Crippen molar-refractivity contribution in [2.24, 2.45) is 0 Å². The third kappa shape index (κ3) is 11.3. The van der Waals surface area contributed by atoms with Crippen molar-refractivity contribution in [2.45, 2.75) is 137 Å². The highest BCUT2D eigenvalue weighted by atomic mass is 16.3. The van der Waals surface area contributed by atoms with Gasteiger partial charge in [-0.05, 0) is 191 Å². The van der Waals surface area contributed by atoms with Gasteiger partial charge < -0.3 is 27.9 Å². The molecule has 1 unspecified atom stereocenters. The predicted octanol–water partition coefficient (Wildman–Crippen LogP) is 31.1. The van der Waals surface area contributed by atoms with E-state index in [1.807, 2.05) is 72.8 Å². The van der Waals surface area contributed by atoms with Crippen molar-refractivity contribution in [3.63, 3.8) is 0 Å². The Morgan fingerprint density at radius 3 is 1.15 bits per heavy atom. The Hall–Kier alpha value is -12.9. The van der Waals surface area contributed by atoms with Gasteiger partial charge in [-0.2, -0.15) is 0 Å². The number of para-hydroxylation sites is 6. The number of nitrogens with zero attached hydrogens (tertiary/aromatic N) is 5. The first-order valence-corrected chi connectivity index (χ1v) is 40.4. The Morgan fingerprint density at radius 2 is 0.675 bits per heavy atom. The van der Waals surface area contributed by atoms with Crippen LogP contribution in [0.5, 0.6) is 0 Å². The van der Waals surface area contributed by atoms with Gasteiger partial charge in [0.2, 0.25) is 0 Å². The monoisotopic (exact) mass is 1530 g/mol. The molecular formula is C111H97N5O. The van der Waals surface area contributed by atoms with Crippen LogP contribution in [-0.4, -0.2) is 13.7 Å². The normalized spacial score (nSPS) is 15.9. The van der Waals surface area contributed by atoms with Crippen LogP contribution >= 0.6 is 0 Å². The standard InChI is InChI=1S/C111H97N5O/c1-107(2,3)71-49-54-94-88(60-71)89-61-72(108(4,5)6)50-55-95(89)114(94)96-46-30-40-82-83-41-31-47-97(106(83)117-105(82)96)115-98-58-69(70-56-73(109(7,8)9)59-74(57-70)110(10,11)12)48-52-84(98)102-85-53-51-76(112-90-42-26-22-36-78(90)79-37-23-27-43-91(79)112)64-99(85)116(101-66-77(65-100(115)103(101)102)113-92-44-28-24-38-80(92)81-39-25-29-45-93(81)113)104-86(67-32-18-16-19-33-67)62-75(111(13,14)15)63-87(104)68-34-20-17-21-35-68/h16-66,102H,1-15H3/i22D,23D,24D,25D,26D,27D,28D,29D,36D,37D,38D,39D,42D,43D,44D,45D. The second-order valence-corrected chi connectivity index (χ2v) is 37.0. The molecule has 0 N–H and O–H groups in total. The van der Waals surface area contributed by atoms with E-state index in [9.17, 15) is 21.9 Å². The van der Waals surface area contributed by atoms with Gasteiger partial charge in [-0.25, -0.2) is 0 Å². The van der Waals surface area contributed by atoms with E-state index in [0.29, 0.717) is 56.4 Å². The summed E-state index contributed by atoms with van der Waals surface area (Å²) in [7, 11) is 0. The Labute approximate surface area is 708 Å². The Morgan fingerprint density at radius 1 is 0.265 bits per heavy atom. The van der Waals surface area contributed by atoms with Crippen LogP contribution in [0.4, 0.5) is 34.1 Å². The van der Waals surface area contributed by atoms with E-state index < -0.39 is 108 Å². The maximum Gasteiger partial charge on any atom is 0.159 e. The molecule has 0 bridgehead atoms. The molecule has 0 aliphatic carbocycles. The maximum atomic E-state index is 10.3. The molecule has 0 saturated carbocycles. The predicted molar refractivity (Wildman–Crippen MR) is 497 cm³/mol. The lowest BCUT2D eigenvalue weighted by atomic mass is 9.74. The lowest BCUT2D eigenvalue weighted by molar-refractivity contribution is 0.569. The molecule has 0 saturated heterocycles. The van der Waals surface area contributed by atoms with E-state index in [2.05, 4.69) is 258 Å². The zero-order chi connectivity index (χ0) is 94.2. The van der Waals surface area contributed by atoms with Gasteiger partial charge in [-0.3, -0.25) is 0 Å². The highest BCUT2D eigenvalue weighted by molar-refractivity contribution is 6.17. The molecule has 0 radical (unpaired) electrons. The van der Waals surface area contributed by atoms with Crippen LogP contribution in [-0.2, 0) is 27.1 Å². The number of furan rings is 1. The molecule has 15 aromatic carbocycles. The summed E-state index contributed by atoms with van der Waals surface area (Å²) in [4.78, 5) is 4.45. The average molecular weight is 1530 g/mol. The number of aromatic nitrogens is 3. The highest BCUT2D eigenvalue weighted by Gasteiger charge is 2.45. The smallest absolute Gasteiger partial charge is 0.159 e. The largest absolute Gasteiger partial charge is 0.452 e. The summed E-state index contributed by atoms with van der Waals surface area (Å²) < 4.78 is 169. The van der Waals surface area contributed by atoms with Crippen molar-refractivity contribution in [3.05, 3.63) is 354 Å². The Kier molecular flexibility index (Phi) is 12.4. The number of fused-ring (bicyclic) bond motifs is 16. The number of hydrogen-bond acceptors (Lipinski definition) is 3. The molecule has 0 fully saturated rings. The van der Waals surface area contributed by atoms with Gasteiger partial charge in [0.15, 0.2) is 11.2 Å². The van der Waals surface area contributed by atoms with E-state index in [-0.39, 0.29) is 76.6 Å². The van der Waals surface area contributed by atoms with Crippen molar-refractivity contribution in [1.29, 1.82) is 0 Å². The van der Waals surface area contributed by atoms with Crippen molar-refractivity contribution >= 4 is 121 Å². The minimum absolute atomic E-state index is 0.0899. The molecule has 2 aliphatic rings. The van der Waals surface area contributed by atoms with Crippen LogP contribution in [0.3, 0.4) is 0 Å². The van der Waals surface area contributed by atoms with E-state index >= 15 is 0 Å². The topological polar surface area (TPSA) is 34.4 Å². The Bertz CT molecular complexity index is 8050. The van der Waals surface area contributed by atoms with E-state index in [1.54, 1.807) is 9.13 Å². The minimum atomic E-state index is -0.824. The molecule has 4 aromatic heterocycles.